The second-order valence-corrected chi connectivity index (χ2v) is 8.09. The molecular weight excluding hydrogens is 424 g/mol. The van der Waals surface area contributed by atoms with Gasteiger partial charge in [-0.25, -0.2) is 4.98 Å². The molecular formula is C26H21ClN2O3. The van der Waals surface area contributed by atoms with E-state index in [4.69, 9.17) is 26.1 Å². The smallest absolute Gasteiger partial charge is 0.261 e. The molecule has 32 heavy (non-hydrogen) atoms. The normalized spacial score (nSPS) is 14.0. The number of hydrogen-bond donors (Lipinski definition) is 0. The van der Waals surface area contributed by atoms with E-state index in [-0.39, 0.29) is 5.56 Å². The predicted octanol–water partition coefficient (Wildman–Crippen LogP) is 5.58. The second kappa shape index (κ2) is 8.52. The molecule has 0 fully saturated rings. The van der Waals surface area contributed by atoms with E-state index in [1.165, 1.54) is 0 Å². The fourth-order valence-electron chi connectivity index (χ4n) is 3.96. The van der Waals surface area contributed by atoms with Crippen molar-refractivity contribution in [2.75, 3.05) is 7.11 Å². The molecule has 5 nitrogen and oxygen atoms in total. The molecule has 0 bridgehead atoms. The van der Waals surface area contributed by atoms with Gasteiger partial charge in [0.25, 0.3) is 5.56 Å². The van der Waals surface area contributed by atoms with Crippen molar-refractivity contribution in [3.8, 4) is 11.5 Å². The zero-order chi connectivity index (χ0) is 22.1. The first-order chi connectivity index (χ1) is 15.6. The Morgan fingerprint density at radius 3 is 2.72 bits per heavy atom. The van der Waals surface area contributed by atoms with Crippen LogP contribution in [0.1, 0.15) is 23.4 Å². The lowest BCUT2D eigenvalue weighted by atomic mass is 10.1. The number of ether oxygens (including phenoxy) is 2. The Kier molecular flexibility index (Phi) is 5.41. The molecule has 0 spiro atoms. The summed E-state index contributed by atoms with van der Waals surface area (Å²) in [7, 11) is 1.63. The van der Waals surface area contributed by atoms with Gasteiger partial charge in [0.2, 0.25) is 0 Å². The van der Waals surface area contributed by atoms with E-state index in [0.29, 0.717) is 46.4 Å². The van der Waals surface area contributed by atoms with Crippen molar-refractivity contribution in [3.63, 3.8) is 0 Å². The molecule has 0 unspecified atom stereocenters. The van der Waals surface area contributed by atoms with Crippen molar-refractivity contribution in [1.29, 1.82) is 0 Å². The van der Waals surface area contributed by atoms with Crippen LogP contribution >= 0.6 is 11.6 Å². The Balaban J connectivity index is 1.50. The largest absolute Gasteiger partial charge is 0.493 e. The van der Waals surface area contributed by atoms with Crippen molar-refractivity contribution in [1.82, 2.24) is 9.55 Å². The first-order valence-corrected chi connectivity index (χ1v) is 10.8. The number of aromatic nitrogens is 2. The van der Waals surface area contributed by atoms with Crippen molar-refractivity contribution in [2.24, 2.45) is 0 Å². The summed E-state index contributed by atoms with van der Waals surface area (Å²) < 4.78 is 13.2. The van der Waals surface area contributed by atoms with Crippen LogP contribution in [0.5, 0.6) is 11.5 Å². The van der Waals surface area contributed by atoms with Gasteiger partial charge in [-0.2, -0.15) is 0 Å². The monoisotopic (exact) mass is 444 g/mol. The molecule has 160 valence electrons. The molecule has 0 amide bonds. The fraction of sp³-hybridized carbons (Fsp3) is 0.154. The highest BCUT2D eigenvalue weighted by Crippen LogP contribution is 2.33. The van der Waals surface area contributed by atoms with Crippen LogP contribution in [-0.4, -0.2) is 16.7 Å². The maximum absolute atomic E-state index is 12.9. The number of rotatable bonds is 5. The predicted molar refractivity (Wildman–Crippen MR) is 127 cm³/mol. The number of hydrogen-bond acceptors (Lipinski definition) is 4. The van der Waals surface area contributed by atoms with Crippen LogP contribution in [0, 0.1) is 0 Å². The third-order valence-electron chi connectivity index (χ3n) is 5.58. The minimum Gasteiger partial charge on any atom is -0.493 e. The number of benzene rings is 3. The van der Waals surface area contributed by atoms with Gasteiger partial charge in [0, 0.05) is 11.6 Å². The van der Waals surface area contributed by atoms with Crippen molar-refractivity contribution in [2.45, 2.75) is 19.6 Å². The van der Waals surface area contributed by atoms with Crippen molar-refractivity contribution in [3.05, 3.63) is 99.1 Å². The van der Waals surface area contributed by atoms with Gasteiger partial charge in [0.05, 0.1) is 18.0 Å². The lowest BCUT2D eigenvalue weighted by molar-refractivity contribution is 0.284. The molecule has 0 radical (unpaired) electrons. The van der Waals surface area contributed by atoms with E-state index in [1.807, 2.05) is 48.5 Å². The number of fused-ring (bicyclic) bond motifs is 2. The maximum atomic E-state index is 12.9. The molecule has 0 aliphatic carbocycles. The van der Waals surface area contributed by atoms with Gasteiger partial charge < -0.3 is 9.47 Å². The van der Waals surface area contributed by atoms with Gasteiger partial charge in [-0.05, 0) is 59.5 Å². The summed E-state index contributed by atoms with van der Waals surface area (Å²) in [6.45, 7) is 1.06. The molecule has 0 saturated carbocycles. The summed E-state index contributed by atoms with van der Waals surface area (Å²) in [5.74, 6) is 2.02. The molecule has 1 aliphatic heterocycles. The van der Waals surface area contributed by atoms with Crippen LogP contribution < -0.4 is 15.0 Å². The van der Waals surface area contributed by atoms with E-state index in [9.17, 15) is 4.79 Å². The van der Waals surface area contributed by atoms with Crippen LogP contribution in [0.4, 0.5) is 0 Å². The summed E-state index contributed by atoms with van der Waals surface area (Å²) >= 11 is 6.12. The van der Waals surface area contributed by atoms with Gasteiger partial charge in [-0.1, -0.05) is 48.0 Å². The number of allylic oxidation sites excluding steroid dienone is 1. The molecule has 0 atom stereocenters. The standard InChI is InChI=1S/C26H21ClN2O3/c1-31-23-10-7-18(14-24(23)32-16-17-5-3-2-4-6-17)13-19-11-12-29-25(19)28-22-15-20(27)8-9-21(22)26(29)30/h2-10,13-15H,11-12,16H2,1H3/b19-13+. The van der Waals surface area contributed by atoms with E-state index < -0.39 is 0 Å². The summed E-state index contributed by atoms with van der Waals surface area (Å²) in [4.78, 5) is 17.6. The zero-order valence-electron chi connectivity index (χ0n) is 17.5. The van der Waals surface area contributed by atoms with Gasteiger partial charge >= 0.3 is 0 Å². The number of nitrogens with zero attached hydrogens (tertiary/aromatic N) is 2. The number of halogens is 1. The average molecular weight is 445 g/mol. The lowest BCUT2D eigenvalue weighted by Gasteiger charge is -2.12. The number of methoxy groups -OCH3 is 1. The van der Waals surface area contributed by atoms with Crippen LogP contribution in [0.25, 0.3) is 22.6 Å². The van der Waals surface area contributed by atoms with Gasteiger partial charge in [-0.3, -0.25) is 9.36 Å². The molecule has 6 heteroatoms. The highest BCUT2D eigenvalue weighted by atomic mass is 35.5. The summed E-state index contributed by atoms with van der Waals surface area (Å²) in [6.07, 6.45) is 2.79. The zero-order valence-corrected chi connectivity index (χ0v) is 18.3. The van der Waals surface area contributed by atoms with E-state index in [2.05, 4.69) is 6.08 Å². The highest BCUT2D eigenvalue weighted by molar-refractivity contribution is 6.31. The maximum Gasteiger partial charge on any atom is 0.261 e. The summed E-state index contributed by atoms with van der Waals surface area (Å²) in [6, 6.07) is 21.0. The van der Waals surface area contributed by atoms with Crippen molar-refractivity contribution >= 4 is 34.2 Å². The summed E-state index contributed by atoms with van der Waals surface area (Å²) in [5.41, 5.74) is 3.62. The van der Waals surface area contributed by atoms with Crippen LogP contribution in [0.3, 0.4) is 0 Å². The first kappa shape index (κ1) is 20.3. The first-order valence-electron chi connectivity index (χ1n) is 10.4. The van der Waals surface area contributed by atoms with E-state index >= 15 is 0 Å². The van der Waals surface area contributed by atoms with E-state index in [0.717, 1.165) is 23.1 Å². The molecule has 3 aromatic carbocycles. The molecule has 2 heterocycles. The van der Waals surface area contributed by atoms with Crippen LogP contribution in [-0.2, 0) is 13.2 Å². The Bertz CT molecular complexity index is 1390. The Hall–Kier alpha value is -3.57. The molecule has 0 N–H and O–H groups in total. The molecule has 1 aromatic heterocycles. The highest BCUT2D eigenvalue weighted by Gasteiger charge is 2.21. The topological polar surface area (TPSA) is 53.4 Å². The Morgan fingerprint density at radius 1 is 1.06 bits per heavy atom. The van der Waals surface area contributed by atoms with Gasteiger partial charge in [0.15, 0.2) is 11.5 Å². The minimum absolute atomic E-state index is 0.0355. The van der Waals surface area contributed by atoms with Gasteiger partial charge in [-0.15, -0.1) is 0 Å². The fourth-order valence-corrected chi connectivity index (χ4v) is 4.13. The third-order valence-corrected chi connectivity index (χ3v) is 5.81. The van der Waals surface area contributed by atoms with Crippen molar-refractivity contribution < 1.29 is 9.47 Å². The Morgan fingerprint density at radius 2 is 1.91 bits per heavy atom. The second-order valence-electron chi connectivity index (χ2n) is 7.66. The minimum atomic E-state index is -0.0355. The van der Waals surface area contributed by atoms with Crippen LogP contribution in [0.15, 0.2) is 71.5 Å². The molecule has 5 rings (SSSR count). The molecule has 4 aromatic rings. The molecule has 1 aliphatic rings. The van der Waals surface area contributed by atoms with Crippen LogP contribution in [0.2, 0.25) is 5.02 Å². The third kappa shape index (κ3) is 3.87. The van der Waals surface area contributed by atoms with E-state index in [1.54, 1.807) is 29.9 Å². The lowest BCUT2D eigenvalue weighted by Crippen LogP contribution is -2.20. The average Bonchev–Trinajstić information content (AvgIpc) is 3.21. The quantitative estimate of drug-likeness (QED) is 0.403. The molecule has 0 saturated heterocycles. The summed E-state index contributed by atoms with van der Waals surface area (Å²) in [5, 5.41) is 1.15. The Labute approximate surface area is 190 Å². The SMILES string of the molecule is COc1ccc(/C=C2\CCn3c2nc2cc(Cl)ccc2c3=O)cc1OCc1ccccc1. The van der Waals surface area contributed by atoms with Gasteiger partial charge in [0.1, 0.15) is 12.4 Å².